The third kappa shape index (κ3) is 4.03. The first-order valence-electron chi connectivity index (χ1n) is 9.90. The smallest absolute Gasteiger partial charge is 0.257 e. The molecule has 0 N–H and O–H groups in total. The number of carbonyl (C=O) groups is 1. The summed E-state index contributed by atoms with van der Waals surface area (Å²) in [6.07, 6.45) is 7.42. The van der Waals surface area contributed by atoms with Gasteiger partial charge in [-0.25, -0.2) is 9.97 Å². The molecular formula is C21H26N4O3. The first-order valence-corrected chi connectivity index (χ1v) is 9.90. The zero-order chi connectivity index (χ0) is 19.3. The summed E-state index contributed by atoms with van der Waals surface area (Å²) in [7, 11) is 1.62. The second-order valence-corrected chi connectivity index (χ2v) is 7.21. The van der Waals surface area contributed by atoms with Crippen LogP contribution in [0.2, 0.25) is 0 Å². The van der Waals surface area contributed by atoms with Crippen LogP contribution in [0.5, 0.6) is 11.5 Å². The number of ether oxygens (including phenoxy) is 2. The minimum atomic E-state index is 0.0466. The molecule has 148 valence electrons. The van der Waals surface area contributed by atoms with E-state index in [2.05, 4.69) is 14.9 Å². The molecule has 2 saturated heterocycles. The summed E-state index contributed by atoms with van der Waals surface area (Å²) >= 11 is 0. The number of amides is 1. The van der Waals surface area contributed by atoms with Gasteiger partial charge in [-0.1, -0.05) is 0 Å². The number of anilines is 1. The van der Waals surface area contributed by atoms with Gasteiger partial charge >= 0.3 is 0 Å². The molecule has 4 rings (SSSR count). The third-order valence-electron chi connectivity index (χ3n) is 5.38. The Kier molecular flexibility index (Phi) is 5.60. The lowest BCUT2D eigenvalue weighted by Gasteiger charge is -2.32. The standard InChI is InChI=1S/C21H26N4O3/c1-27-17-5-6-18(20(26)24-11-2-3-12-24)19(15-17)28-16-7-13-25(14-8-16)21-22-9-4-10-23-21/h4-6,9-10,15-16H,2-3,7-8,11-14H2,1H3. The molecule has 0 saturated carbocycles. The van der Waals surface area contributed by atoms with E-state index in [4.69, 9.17) is 9.47 Å². The second kappa shape index (κ2) is 8.46. The topological polar surface area (TPSA) is 67.8 Å². The molecule has 7 nitrogen and oxygen atoms in total. The predicted octanol–water partition coefficient (Wildman–Crippen LogP) is 2.77. The van der Waals surface area contributed by atoms with Gasteiger partial charge in [0.1, 0.15) is 17.6 Å². The van der Waals surface area contributed by atoms with Gasteiger partial charge in [-0.3, -0.25) is 4.79 Å². The van der Waals surface area contributed by atoms with Crippen LogP contribution in [0.1, 0.15) is 36.0 Å². The monoisotopic (exact) mass is 382 g/mol. The van der Waals surface area contributed by atoms with Crippen LogP contribution in [0, 0.1) is 0 Å². The quantitative estimate of drug-likeness (QED) is 0.792. The van der Waals surface area contributed by atoms with Gasteiger partial charge in [0.25, 0.3) is 5.91 Å². The van der Waals surface area contributed by atoms with E-state index in [0.29, 0.717) is 17.1 Å². The van der Waals surface area contributed by atoms with Gasteiger partial charge in [-0.15, -0.1) is 0 Å². The summed E-state index contributed by atoms with van der Waals surface area (Å²) in [5, 5.41) is 0. The van der Waals surface area contributed by atoms with Gasteiger partial charge in [0.05, 0.1) is 12.7 Å². The highest BCUT2D eigenvalue weighted by Crippen LogP contribution is 2.30. The molecule has 1 aromatic carbocycles. The summed E-state index contributed by atoms with van der Waals surface area (Å²) in [4.78, 5) is 25.6. The van der Waals surface area contributed by atoms with E-state index in [-0.39, 0.29) is 12.0 Å². The number of aromatic nitrogens is 2. The van der Waals surface area contributed by atoms with Crippen molar-refractivity contribution in [1.29, 1.82) is 0 Å². The van der Waals surface area contributed by atoms with Crippen molar-refractivity contribution < 1.29 is 14.3 Å². The van der Waals surface area contributed by atoms with E-state index in [1.165, 1.54) is 0 Å². The van der Waals surface area contributed by atoms with Crippen LogP contribution in [0.25, 0.3) is 0 Å². The van der Waals surface area contributed by atoms with Gasteiger partial charge in [0.2, 0.25) is 5.95 Å². The van der Waals surface area contributed by atoms with Gasteiger partial charge in [0.15, 0.2) is 0 Å². The Bertz CT molecular complexity index is 801. The molecule has 2 aliphatic heterocycles. The van der Waals surface area contributed by atoms with Gasteiger partial charge in [-0.2, -0.15) is 0 Å². The van der Waals surface area contributed by atoms with Crippen LogP contribution in [-0.2, 0) is 0 Å². The van der Waals surface area contributed by atoms with E-state index < -0.39 is 0 Å². The molecule has 3 heterocycles. The fourth-order valence-corrected chi connectivity index (χ4v) is 3.80. The average molecular weight is 382 g/mol. The molecule has 28 heavy (non-hydrogen) atoms. The summed E-state index contributed by atoms with van der Waals surface area (Å²) in [5.41, 5.74) is 0.622. The van der Waals surface area contributed by atoms with Crippen molar-refractivity contribution in [2.45, 2.75) is 31.8 Å². The van der Waals surface area contributed by atoms with E-state index >= 15 is 0 Å². The Morgan fingerprint density at radius 2 is 1.79 bits per heavy atom. The van der Waals surface area contributed by atoms with E-state index in [1.807, 2.05) is 29.2 Å². The number of rotatable bonds is 5. The second-order valence-electron chi connectivity index (χ2n) is 7.21. The highest BCUT2D eigenvalue weighted by Gasteiger charge is 2.26. The highest BCUT2D eigenvalue weighted by molar-refractivity contribution is 5.97. The number of benzene rings is 1. The average Bonchev–Trinajstić information content (AvgIpc) is 3.29. The van der Waals surface area contributed by atoms with Crippen molar-refractivity contribution in [3.05, 3.63) is 42.2 Å². The Balaban J connectivity index is 1.46. The predicted molar refractivity (Wildman–Crippen MR) is 106 cm³/mol. The largest absolute Gasteiger partial charge is 0.497 e. The van der Waals surface area contributed by atoms with Gasteiger partial charge in [-0.05, 0) is 31.0 Å². The molecule has 1 amide bonds. The Morgan fingerprint density at radius 1 is 1.07 bits per heavy atom. The van der Waals surface area contributed by atoms with Crippen molar-refractivity contribution in [2.75, 3.05) is 38.2 Å². The van der Waals surface area contributed by atoms with Crippen LogP contribution >= 0.6 is 0 Å². The van der Waals surface area contributed by atoms with Crippen molar-refractivity contribution in [3.8, 4) is 11.5 Å². The maximum absolute atomic E-state index is 12.9. The minimum Gasteiger partial charge on any atom is -0.497 e. The Morgan fingerprint density at radius 3 is 2.46 bits per heavy atom. The molecule has 1 aromatic heterocycles. The van der Waals surface area contributed by atoms with Crippen LogP contribution in [0.15, 0.2) is 36.7 Å². The SMILES string of the molecule is COc1ccc(C(=O)N2CCCC2)c(OC2CCN(c3ncccn3)CC2)c1. The fraction of sp³-hybridized carbons (Fsp3) is 0.476. The zero-order valence-corrected chi connectivity index (χ0v) is 16.2. The molecule has 2 aliphatic rings. The molecule has 0 radical (unpaired) electrons. The van der Waals surface area contributed by atoms with Gasteiger partial charge < -0.3 is 19.3 Å². The van der Waals surface area contributed by atoms with Crippen LogP contribution in [0.4, 0.5) is 5.95 Å². The summed E-state index contributed by atoms with van der Waals surface area (Å²) < 4.78 is 11.6. The summed E-state index contributed by atoms with van der Waals surface area (Å²) in [5.74, 6) is 2.12. The summed E-state index contributed by atoms with van der Waals surface area (Å²) in [6, 6.07) is 7.30. The maximum atomic E-state index is 12.9. The molecule has 0 aliphatic carbocycles. The number of hydrogen-bond acceptors (Lipinski definition) is 6. The molecule has 2 fully saturated rings. The molecule has 0 atom stereocenters. The number of methoxy groups -OCH3 is 1. The molecule has 7 heteroatoms. The van der Waals surface area contributed by atoms with Crippen LogP contribution in [-0.4, -0.2) is 60.2 Å². The molecular weight excluding hydrogens is 356 g/mol. The minimum absolute atomic E-state index is 0.0466. The Hall–Kier alpha value is -2.83. The lowest BCUT2D eigenvalue weighted by atomic mass is 10.1. The first-order chi connectivity index (χ1) is 13.7. The van der Waals surface area contributed by atoms with Gasteiger partial charge in [0, 0.05) is 57.5 Å². The number of piperidine rings is 1. The number of carbonyl (C=O) groups excluding carboxylic acids is 1. The number of likely N-dealkylation sites (tertiary alicyclic amines) is 1. The van der Waals surface area contributed by atoms with Crippen molar-refractivity contribution in [1.82, 2.24) is 14.9 Å². The molecule has 0 spiro atoms. The first kappa shape index (κ1) is 18.5. The zero-order valence-electron chi connectivity index (χ0n) is 16.2. The number of hydrogen-bond donors (Lipinski definition) is 0. The van der Waals surface area contributed by atoms with Crippen molar-refractivity contribution in [2.24, 2.45) is 0 Å². The molecule has 2 aromatic rings. The maximum Gasteiger partial charge on any atom is 0.257 e. The van der Waals surface area contributed by atoms with E-state index in [1.54, 1.807) is 19.5 Å². The van der Waals surface area contributed by atoms with Crippen LogP contribution < -0.4 is 14.4 Å². The normalized spacial score (nSPS) is 17.6. The molecule has 0 bridgehead atoms. The number of nitrogens with zero attached hydrogens (tertiary/aromatic N) is 4. The molecule has 0 unspecified atom stereocenters. The lowest BCUT2D eigenvalue weighted by Crippen LogP contribution is -2.39. The van der Waals surface area contributed by atoms with E-state index in [9.17, 15) is 4.79 Å². The Labute approximate surface area is 165 Å². The summed E-state index contributed by atoms with van der Waals surface area (Å²) in [6.45, 7) is 3.29. The van der Waals surface area contributed by atoms with E-state index in [0.717, 1.165) is 57.8 Å². The van der Waals surface area contributed by atoms with Crippen molar-refractivity contribution >= 4 is 11.9 Å². The van der Waals surface area contributed by atoms with Crippen molar-refractivity contribution in [3.63, 3.8) is 0 Å². The lowest BCUT2D eigenvalue weighted by molar-refractivity contribution is 0.0783. The van der Waals surface area contributed by atoms with Crippen LogP contribution in [0.3, 0.4) is 0 Å². The highest BCUT2D eigenvalue weighted by atomic mass is 16.5. The third-order valence-corrected chi connectivity index (χ3v) is 5.38. The fourth-order valence-electron chi connectivity index (χ4n) is 3.80.